The normalized spacial score (nSPS) is 20.0. The van der Waals surface area contributed by atoms with Gasteiger partial charge in [-0.1, -0.05) is 6.07 Å². The van der Waals surface area contributed by atoms with Crippen LogP contribution in [0.4, 0.5) is 17.6 Å². The number of carboxylic acid groups (broad SMARTS) is 1. The van der Waals surface area contributed by atoms with Crippen molar-refractivity contribution in [1.82, 2.24) is 10.2 Å². The molecule has 152 valence electrons. The van der Waals surface area contributed by atoms with Crippen LogP contribution in [-0.4, -0.2) is 60.8 Å². The molecular formula is C16H19ClF4N2O4. The summed E-state index contributed by atoms with van der Waals surface area (Å²) >= 11 is 0. The van der Waals surface area contributed by atoms with E-state index in [1.165, 1.54) is 23.1 Å². The van der Waals surface area contributed by atoms with Gasteiger partial charge in [-0.05, 0) is 12.1 Å². The number of nitrogens with zero attached hydrogens (tertiary/aromatic N) is 1. The lowest BCUT2D eigenvalue weighted by Crippen LogP contribution is -2.38. The predicted octanol–water partition coefficient (Wildman–Crippen LogP) is 1.94. The van der Waals surface area contributed by atoms with E-state index in [4.69, 9.17) is 9.84 Å². The van der Waals surface area contributed by atoms with Gasteiger partial charge in [-0.15, -0.1) is 12.4 Å². The summed E-state index contributed by atoms with van der Waals surface area (Å²) < 4.78 is 56.8. The van der Waals surface area contributed by atoms with Crippen molar-refractivity contribution in [2.45, 2.75) is 6.18 Å². The maximum Gasteiger partial charge on any atom is 0.393 e. The third-order valence-electron chi connectivity index (χ3n) is 3.99. The Morgan fingerprint density at radius 1 is 1.30 bits per heavy atom. The molecular weight excluding hydrogens is 396 g/mol. The summed E-state index contributed by atoms with van der Waals surface area (Å²) in [6, 6.07) is 5.43. The first kappa shape index (κ1) is 23.0. The van der Waals surface area contributed by atoms with E-state index in [-0.39, 0.29) is 44.4 Å². The Bertz CT molecular complexity index is 660. The number of ether oxygens (including phenoxy) is 1. The minimum atomic E-state index is -4.63. The first-order chi connectivity index (χ1) is 12.2. The number of rotatable bonds is 7. The number of alkyl halides is 3. The molecule has 1 fully saturated rings. The third-order valence-corrected chi connectivity index (χ3v) is 3.99. The van der Waals surface area contributed by atoms with Gasteiger partial charge in [0, 0.05) is 19.2 Å². The number of benzene rings is 1. The quantitative estimate of drug-likeness (QED) is 0.526. The average Bonchev–Trinajstić information content (AvgIpc) is 2.96. The topological polar surface area (TPSA) is 78.9 Å². The molecule has 0 spiro atoms. The Morgan fingerprint density at radius 2 is 2.00 bits per heavy atom. The molecule has 2 atom stereocenters. The van der Waals surface area contributed by atoms with Crippen LogP contribution in [0.2, 0.25) is 0 Å². The highest BCUT2D eigenvalue weighted by Gasteiger charge is 2.52. The first-order valence-electron chi connectivity index (χ1n) is 7.83. The molecule has 2 rings (SSSR count). The summed E-state index contributed by atoms with van der Waals surface area (Å²) in [6.07, 6.45) is -4.63. The van der Waals surface area contributed by atoms with Gasteiger partial charge in [0.05, 0.1) is 24.9 Å². The highest BCUT2D eigenvalue weighted by Crippen LogP contribution is 2.37. The molecule has 0 unspecified atom stereocenters. The number of carbonyl (C=O) groups excluding carboxylic acids is 1. The highest BCUT2D eigenvalue weighted by molar-refractivity contribution is 5.85. The van der Waals surface area contributed by atoms with Crippen molar-refractivity contribution >= 4 is 24.3 Å². The van der Waals surface area contributed by atoms with Gasteiger partial charge < -0.3 is 15.2 Å². The predicted molar refractivity (Wildman–Crippen MR) is 89.3 cm³/mol. The van der Waals surface area contributed by atoms with Gasteiger partial charge in [0.1, 0.15) is 18.2 Å². The van der Waals surface area contributed by atoms with E-state index in [1.807, 2.05) is 0 Å². The minimum absolute atomic E-state index is 0. The van der Waals surface area contributed by atoms with Crippen LogP contribution in [0.5, 0.6) is 5.75 Å². The van der Waals surface area contributed by atoms with Crippen LogP contribution in [0, 0.1) is 17.7 Å². The molecule has 6 nitrogen and oxygen atoms in total. The zero-order valence-electron chi connectivity index (χ0n) is 14.0. The fraction of sp³-hybridized carbons (Fsp3) is 0.500. The number of carbonyl (C=O) groups is 2. The van der Waals surface area contributed by atoms with Gasteiger partial charge in [-0.3, -0.25) is 14.5 Å². The molecule has 1 heterocycles. The summed E-state index contributed by atoms with van der Waals surface area (Å²) in [5, 5.41) is 11.4. The molecule has 0 bridgehead atoms. The number of hydrogen-bond acceptors (Lipinski definition) is 4. The molecule has 2 N–H and O–H groups in total. The van der Waals surface area contributed by atoms with E-state index in [9.17, 15) is 27.2 Å². The number of carboxylic acids is 1. The number of aliphatic carboxylic acids is 1. The van der Waals surface area contributed by atoms with Crippen molar-refractivity contribution in [1.29, 1.82) is 0 Å². The van der Waals surface area contributed by atoms with E-state index >= 15 is 0 Å². The van der Waals surface area contributed by atoms with Crippen molar-refractivity contribution in [2.75, 3.05) is 32.8 Å². The van der Waals surface area contributed by atoms with E-state index in [0.29, 0.717) is 0 Å². The van der Waals surface area contributed by atoms with E-state index in [2.05, 4.69) is 5.32 Å². The van der Waals surface area contributed by atoms with E-state index in [1.54, 1.807) is 6.07 Å². The molecule has 0 saturated carbocycles. The van der Waals surface area contributed by atoms with Gasteiger partial charge in [0.15, 0.2) is 0 Å². The molecule has 0 aliphatic carbocycles. The first-order valence-corrected chi connectivity index (χ1v) is 7.83. The van der Waals surface area contributed by atoms with Crippen molar-refractivity contribution < 1.29 is 37.0 Å². The van der Waals surface area contributed by atoms with Crippen molar-refractivity contribution in [3.8, 4) is 5.75 Å². The fourth-order valence-electron chi connectivity index (χ4n) is 2.77. The lowest BCUT2D eigenvalue weighted by molar-refractivity contribution is -0.188. The lowest BCUT2D eigenvalue weighted by Gasteiger charge is -2.18. The average molecular weight is 415 g/mol. The molecule has 1 saturated heterocycles. The number of halogens is 5. The summed E-state index contributed by atoms with van der Waals surface area (Å²) in [5.74, 6) is -5.83. The number of nitrogens with one attached hydrogen (secondary N) is 1. The largest absolute Gasteiger partial charge is 0.492 e. The Labute approximate surface area is 158 Å². The zero-order chi connectivity index (χ0) is 19.3. The molecule has 1 aromatic rings. The monoisotopic (exact) mass is 414 g/mol. The van der Waals surface area contributed by atoms with Crippen LogP contribution in [0.25, 0.3) is 0 Å². The van der Waals surface area contributed by atoms with Crippen LogP contribution in [-0.2, 0) is 9.59 Å². The van der Waals surface area contributed by atoms with Gasteiger partial charge in [0.2, 0.25) is 5.91 Å². The maximum absolute atomic E-state index is 13.0. The summed E-state index contributed by atoms with van der Waals surface area (Å²) in [4.78, 5) is 24.0. The van der Waals surface area contributed by atoms with Crippen molar-refractivity contribution in [3.05, 3.63) is 30.1 Å². The summed E-state index contributed by atoms with van der Waals surface area (Å²) in [6.45, 7) is -1.08. The van der Waals surface area contributed by atoms with Crippen LogP contribution in [0.3, 0.4) is 0 Å². The minimum Gasteiger partial charge on any atom is -0.492 e. The van der Waals surface area contributed by atoms with Crippen LogP contribution < -0.4 is 10.1 Å². The fourth-order valence-corrected chi connectivity index (χ4v) is 2.77. The summed E-state index contributed by atoms with van der Waals surface area (Å²) in [7, 11) is 0. The Balaban J connectivity index is 0.00000364. The Hall–Kier alpha value is -2.07. The maximum atomic E-state index is 13.0. The zero-order valence-corrected chi connectivity index (χ0v) is 14.9. The SMILES string of the molecule is Cl.O=C(CN1C[C@@H](C(F)(F)F)[C@H](C(=O)O)C1)NCCOc1cccc(F)c1. The Kier molecular flexibility index (Phi) is 8.29. The van der Waals surface area contributed by atoms with Crippen molar-refractivity contribution in [3.63, 3.8) is 0 Å². The summed E-state index contributed by atoms with van der Waals surface area (Å²) in [5.41, 5.74) is 0. The van der Waals surface area contributed by atoms with Gasteiger partial charge in [0.25, 0.3) is 0 Å². The smallest absolute Gasteiger partial charge is 0.393 e. The molecule has 1 aromatic carbocycles. The van der Waals surface area contributed by atoms with Gasteiger partial charge >= 0.3 is 12.1 Å². The second-order valence-electron chi connectivity index (χ2n) is 5.94. The molecule has 11 heteroatoms. The number of likely N-dealkylation sites (tertiary alicyclic amines) is 1. The van der Waals surface area contributed by atoms with Gasteiger partial charge in [-0.25, -0.2) is 4.39 Å². The molecule has 1 aliphatic heterocycles. The van der Waals surface area contributed by atoms with Crippen LogP contribution in [0.1, 0.15) is 0 Å². The highest BCUT2D eigenvalue weighted by atomic mass is 35.5. The molecule has 0 aromatic heterocycles. The van der Waals surface area contributed by atoms with Gasteiger partial charge in [-0.2, -0.15) is 13.2 Å². The Morgan fingerprint density at radius 3 is 2.56 bits per heavy atom. The van der Waals surface area contributed by atoms with E-state index in [0.717, 1.165) is 0 Å². The second-order valence-corrected chi connectivity index (χ2v) is 5.94. The molecule has 1 amide bonds. The number of amides is 1. The molecule has 0 radical (unpaired) electrons. The second kappa shape index (κ2) is 9.75. The van der Waals surface area contributed by atoms with Crippen LogP contribution in [0.15, 0.2) is 24.3 Å². The molecule has 1 aliphatic rings. The van der Waals surface area contributed by atoms with Crippen LogP contribution >= 0.6 is 12.4 Å². The standard InChI is InChI=1S/C16H18F4N2O4.ClH/c17-10-2-1-3-11(6-10)26-5-4-21-14(23)9-22-7-12(15(24)25)13(8-22)16(18,19)20;/h1-3,6,12-13H,4-5,7-9H2,(H,21,23)(H,24,25);1H/t12-,13-;/m1./s1. The lowest BCUT2D eigenvalue weighted by atomic mass is 9.96. The molecule has 27 heavy (non-hydrogen) atoms. The number of hydrogen-bond donors (Lipinski definition) is 2. The van der Waals surface area contributed by atoms with E-state index < -0.39 is 42.3 Å². The van der Waals surface area contributed by atoms with Crippen molar-refractivity contribution in [2.24, 2.45) is 11.8 Å². The third kappa shape index (κ3) is 6.87.